The van der Waals surface area contributed by atoms with Crippen molar-refractivity contribution >= 4 is 22.9 Å². The largest absolute Gasteiger partial charge is 0.468 e. The lowest BCUT2D eigenvalue weighted by molar-refractivity contribution is -0.385. The van der Waals surface area contributed by atoms with Crippen LogP contribution in [0.15, 0.2) is 58.5 Å². The summed E-state index contributed by atoms with van der Waals surface area (Å²) in [6, 6.07) is 12.0. The second-order valence-electron chi connectivity index (χ2n) is 5.77. The lowest BCUT2D eigenvalue weighted by atomic mass is 10.1. The normalized spacial score (nSPS) is 11.0. The molecule has 2 aromatic heterocycles. The van der Waals surface area contributed by atoms with Gasteiger partial charge in [-0.1, -0.05) is 12.1 Å². The van der Waals surface area contributed by atoms with E-state index in [4.69, 9.17) is 10.2 Å². The van der Waals surface area contributed by atoms with E-state index in [9.17, 15) is 14.9 Å². The quantitative estimate of drug-likeness (QED) is 0.482. The molecule has 0 saturated carbocycles. The zero-order valence-corrected chi connectivity index (χ0v) is 14.6. The van der Waals surface area contributed by atoms with Gasteiger partial charge in [0, 0.05) is 35.2 Å². The second-order valence-corrected chi connectivity index (χ2v) is 6.80. The number of nitrogens with two attached hydrogens (primary N) is 1. The van der Waals surface area contributed by atoms with Gasteiger partial charge in [-0.15, -0.1) is 11.3 Å². The number of nitro groups is 1. The Kier molecular flexibility index (Phi) is 5.45. The number of thiophene rings is 1. The van der Waals surface area contributed by atoms with Gasteiger partial charge in [0.05, 0.1) is 17.7 Å². The SMILES string of the molecule is NC(=O)c1ccc(CN(Cc2ccco2)Cc2cccs2)c([N+](=O)[O-])c1. The number of carbonyl (C=O) groups excluding carboxylic acids is 1. The maximum absolute atomic E-state index is 11.4. The monoisotopic (exact) mass is 371 g/mol. The van der Waals surface area contributed by atoms with Crippen molar-refractivity contribution in [3.05, 3.63) is 86.0 Å². The standard InChI is InChI=1S/C18H17N3O4S/c19-18(22)13-5-6-14(17(9-13)21(23)24)10-20(11-15-3-1-7-25-15)12-16-4-2-8-26-16/h1-9H,10-12H2,(H2,19,22). The Hall–Kier alpha value is -2.97. The molecule has 3 aromatic rings. The first-order valence-electron chi connectivity index (χ1n) is 7.87. The third-order valence-corrected chi connectivity index (χ3v) is 4.74. The molecule has 8 heteroatoms. The van der Waals surface area contributed by atoms with Crippen LogP contribution in [0.2, 0.25) is 0 Å². The molecule has 0 atom stereocenters. The van der Waals surface area contributed by atoms with Crippen LogP contribution in [0.4, 0.5) is 5.69 Å². The summed E-state index contributed by atoms with van der Waals surface area (Å²) in [6.07, 6.45) is 1.60. The first kappa shape index (κ1) is 17.8. The van der Waals surface area contributed by atoms with Gasteiger partial charge in [0.15, 0.2) is 0 Å². The summed E-state index contributed by atoms with van der Waals surface area (Å²) in [7, 11) is 0. The van der Waals surface area contributed by atoms with E-state index in [0.29, 0.717) is 25.2 Å². The van der Waals surface area contributed by atoms with Crippen molar-refractivity contribution in [2.24, 2.45) is 5.73 Å². The average Bonchev–Trinajstić information content (AvgIpc) is 3.28. The molecule has 0 unspecified atom stereocenters. The Balaban J connectivity index is 1.87. The average molecular weight is 371 g/mol. The van der Waals surface area contributed by atoms with E-state index >= 15 is 0 Å². The number of amides is 1. The smallest absolute Gasteiger partial charge is 0.274 e. The van der Waals surface area contributed by atoms with Gasteiger partial charge >= 0.3 is 0 Å². The minimum absolute atomic E-state index is 0.114. The summed E-state index contributed by atoms with van der Waals surface area (Å²) < 4.78 is 5.42. The summed E-state index contributed by atoms with van der Waals surface area (Å²) in [5, 5.41) is 13.4. The third-order valence-electron chi connectivity index (χ3n) is 3.88. The van der Waals surface area contributed by atoms with Gasteiger partial charge in [-0.05, 0) is 29.6 Å². The van der Waals surface area contributed by atoms with E-state index in [0.717, 1.165) is 10.6 Å². The summed E-state index contributed by atoms with van der Waals surface area (Å²) in [4.78, 5) is 25.5. The molecule has 0 spiro atoms. The number of nitrogens with zero attached hydrogens (tertiary/aromatic N) is 2. The number of furan rings is 1. The maximum atomic E-state index is 11.4. The van der Waals surface area contributed by atoms with E-state index in [-0.39, 0.29) is 11.3 Å². The second kappa shape index (κ2) is 7.94. The van der Waals surface area contributed by atoms with Crippen LogP contribution < -0.4 is 5.73 Å². The summed E-state index contributed by atoms with van der Waals surface area (Å²) in [5.74, 6) is 0.0867. The molecule has 134 valence electrons. The Labute approximate surface area is 153 Å². The van der Waals surface area contributed by atoms with E-state index in [1.165, 1.54) is 12.1 Å². The molecule has 7 nitrogen and oxygen atoms in total. The number of hydrogen-bond acceptors (Lipinski definition) is 6. The molecule has 2 N–H and O–H groups in total. The summed E-state index contributed by atoms with van der Waals surface area (Å²) in [5.41, 5.74) is 5.76. The highest BCUT2D eigenvalue weighted by Gasteiger charge is 2.20. The molecule has 3 rings (SSSR count). The third kappa shape index (κ3) is 4.35. The minimum atomic E-state index is -0.689. The molecule has 0 radical (unpaired) electrons. The van der Waals surface area contributed by atoms with Crippen molar-refractivity contribution in [3.63, 3.8) is 0 Å². The number of rotatable bonds is 8. The number of hydrogen-bond donors (Lipinski definition) is 1. The Morgan fingerprint density at radius 1 is 1.19 bits per heavy atom. The van der Waals surface area contributed by atoms with Crippen LogP contribution in [0.5, 0.6) is 0 Å². The van der Waals surface area contributed by atoms with Crippen molar-refractivity contribution in [2.75, 3.05) is 0 Å². The van der Waals surface area contributed by atoms with Crippen LogP contribution in [0.25, 0.3) is 0 Å². The molecule has 0 aliphatic heterocycles. The lowest BCUT2D eigenvalue weighted by Gasteiger charge is -2.20. The fourth-order valence-electron chi connectivity index (χ4n) is 2.68. The maximum Gasteiger partial charge on any atom is 0.274 e. The number of nitro benzene ring substituents is 1. The molecule has 0 saturated heterocycles. The van der Waals surface area contributed by atoms with E-state index in [1.54, 1.807) is 23.7 Å². The fraction of sp³-hybridized carbons (Fsp3) is 0.167. The van der Waals surface area contributed by atoms with E-state index in [1.807, 2.05) is 29.6 Å². The molecule has 2 heterocycles. The van der Waals surface area contributed by atoms with Crippen molar-refractivity contribution in [1.29, 1.82) is 0 Å². The van der Waals surface area contributed by atoms with Crippen molar-refractivity contribution < 1.29 is 14.1 Å². The van der Waals surface area contributed by atoms with Gasteiger partial charge in [-0.2, -0.15) is 0 Å². The molecule has 0 aliphatic rings. The topological polar surface area (TPSA) is 103 Å². The van der Waals surface area contributed by atoms with Crippen LogP contribution in [0, 0.1) is 10.1 Å². The Morgan fingerprint density at radius 2 is 2.04 bits per heavy atom. The number of benzene rings is 1. The summed E-state index contributed by atoms with van der Waals surface area (Å²) in [6.45, 7) is 1.49. The van der Waals surface area contributed by atoms with Crippen LogP contribution in [0.1, 0.15) is 26.6 Å². The van der Waals surface area contributed by atoms with Crippen molar-refractivity contribution in [3.8, 4) is 0 Å². The molecule has 1 amide bonds. The first-order chi connectivity index (χ1) is 12.5. The number of primary amides is 1. The highest BCUT2D eigenvalue weighted by Crippen LogP contribution is 2.24. The summed E-state index contributed by atoms with van der Waals surface area (Å²) >= 11 is 1.62. The predicted octanol–water partition coefficient (Wildman–Crippen LogP) is 3.55. The lowest BCUT2D eigenvalue weighted by Crippen LogP contribution is -2.22. The molecule has 1 aromatic carbocycles. The molecule has 0 fully saturated rings. The van der Waals surface area contributed by atoms with Gasteiger partial charge in [0.2, 0.25) is 5.91 Å². The zero-order chi connectivity index (χ0) is 18.5. The Morgan fingerprint density at radius 3 is 2.65 bits per heavy atom. The minimum Gasteiger partial charge on any atom is -0.468 e. The van der Waals surface area contributed by atoms with Crippen LogP contribution in [-0.4, -0.2) is 15.7 Å². The molecule has 0 bridgehead atoms. The molecular formula is C18H17N3O4S. The van der Waals surface area contributed by atoms with Crippen LogP contribution in [0.3, 0.4) is 0 Å². The van der Waals surface area contributed by atoms with Crippen molar-refractivity contribution in [1.82, 2.24) is 4.90 Å². The van der Waals surface area contributed by atoms with E-state index < -0.39 is 10.8 Å². The molecule has 26 heavy (non-hydrogen) atoms. The van der Waals surface area contributed by atoms with Crippen LogP contribution >= 0.6 is 11.3 Å². The predicted molar refractivity (Wildman–Crippen MR) is 97.6 cm³/mol. The van der Waals surface area contributed by atoms with Crippen LogP contribution in [-0.2, 0) is 19.6 Å². The van der Waals surface area contributed by atoms with Gasteiger partial charge in [-0.25, -0.2) is 0 Å². The number of carbonyl (C=O) groups is 1. The first-order valence-corrected chi connectivity index (χ1v) is 8.75. The van der Waals surface area contributed by atoms with Gasteiger partial charge in [-0.3, -0.25) is 19.8 Å². The van der Waals surface area contributed by atoms with Crippen molar-refractivity contribution in [2.45, 2.75) is 19.6 Å². The van der Waals surface area contributed by atoms with Gasteiger partial charge in [0.25, 0.3) is 5.69 Å². The van der Waals surface area contributed by atoms with E-state index in [2.05, 4.69) is 4.90 Å². The Bertz CT molecular complexity index is 855. The van der Waals surface area contributed by atoms with Gasteiger partial charge < -0.3 is 10.2 Å². The zero-order valence-electron chi connectivity index (χ0n) is 13.8. The highest BCUT2D eigenvalue weighted by molar-refractivity contribution is 7.09. The van der Waals surface area contributed by atoms with Gasteiger partial charge in [0.1, 0.15) is 5.76 Å². The molecule has 0 aliphatic carbocycles. The molecular weight excluding hydrogens is 354 g/mol. The highest BCUT2D eigenvalue weighted by atomic mass is 32.1. The fourth-order valence-corrected chi connectivity index (χ4v) is 3.42.